The van der Waals surface area contributed by atoms with Crippen LogP contribution in [0.3, 0.4) is 0 Å². The molecule has 0 spiro atoms. The van der Waals surface area contributed by atoms with Crippen LogP contribution in [0.2, 0.25) is 0 Å². The molecular weight excluding hydrogens is 286 g/mol. The van der Waals surface area contributed by atoms with Gasteiger partial charge in [0.25, 0.3) is 0 Å². The predicted molar refractivity (Wildman–Crippen MR) is 79.0 cm³/mol. The van der Waals surface area contributed by atoms with Gasteiger partial charge in [-0.25, -0.2) is 0 Å². The van der Waals surface area contributed by atoms with E-state index in [-0.39, 0.29) is 23.7 Å². The molecule has 6 nitrogen and oxygen atoms in total. The predicted octanol–water partition coefficient (Wildman–Crippen LogP) is 0.851. The second kappa shape index (κ2) is 6.93. The smallest absolute Gasteiger partial charge is 0.249 e. The fourth-order valence-corrected chi connectivity index (χ4v) is 1.90. The summed E-state index contributed by atoms with van der Waals surface area (Å²) in [5.41, 5.74) is 6.07. The van der Waals surface area contributed by atoms with Crippen molar-refractivity contribution in [3.05, 3.63) is 59.7 Å². The highest BCUT2D eigenvalue weighted by atomic mass is 16.5. The summed E-state index contributed by atoms with van der Waals surface area (Å²) in [6.07, 6.45) is -3.22. The SMILES string of the molecule is NC(=O)C(O)C(O)c1ccc(O)c(OCc2ccccc2)c1. The molecule has 0 aromatic heterocycles. The van der Waals surface area contributed by atoms with Crippen LogP contribution in [0.25, 0.3) is 0 Å². The third-order valence-corrected chi connectivity index (χ3v) is 3.15. The topological polar surface area (TPSA) is 113 Å². The lowest BCUT2D eigenvalue weighted by Crippen LogP contribution is -2.33. The molecular formula is C16H17NO5. The Labute approximate surface area is 127 Å². The van der Waals surface area contributed by atoms with Gasteiger partial charge in [-0.2, -0.15) is 0 Å². The molecule has 2 unspecified atom stereocenters. The van der Waals surface area contributed by atoms with Crippen molar-refractivity contribution in [1.82, 2.24) is 0 Å². The van der Waals surface area contributed by atoms with Crippen molar-refractivity contribution in [2.45, 2.75) is 18.8 Å². The van der Waals surface area contributed by atoms with Crippen LogP contribution < -0.4 is 10.5 Å². The number of aliphatic hydroxyl groups excluding tert-OH is 2. The number of hydrogen-bond donors (Lipinski definition) is 4. The first-order valence-corrected chi connectivity index (χ1v) is 6.64. The highest BCUT2D eigenvalue weighted by molar-refractivity contribution is 5.79. The Morgan fingerprint density at radius 1 is 1.14 bits per heavy atom. The van der Waals surface area contributed by atoms with Crippen molar-refractivity contribution >= 4 is 5.91 Å². The number of ether oxygens (including phenoxy) is 1. The van der Waals surface area contributed by atoms with E-state index in [9.17, 15) is 20.1 Å². The molecule has 0 saturated heterocycles. The van der Waals surface area contributed by atoms with Crippen molar-refractivity contribution in [2.75, 3.05) is 0 Å². The van der Waals surface area contributed by atoms with E-state index in [1.54, 1.807) is 0 Å². The minimum absolute atomic E-state index is 0.111. The van der Waals surface area contributed by atoms with Gasteiger partial charge in [-0.3, -0.25) is 4.79 Å². The van der Waals surface area contributed by atoms with Gasteiger partial charge in [-0.15, -0.1) is 0 Å². The van der Waals surface area contributed by atoms with Gasteiger partial charge >= 0.3 is 0 Å². The Morgan fingerprint density at radius 3 is 2.45 bits per heavy atom. The molecule has 6 heteroatoms. The molecule has 1 amide bonds. The molecule has 0 radical (unpaired) electrons. The summed E-state index contributed by atoms with van der Waals surface area (Å²) in [5.74, 6) is -1.01. The largest absolute Gasteiger partial charge is 0.504 e. The van der Waals surface area contributed by atoms with Crippen LogP contribution in [0, 0.1) is 0 Å². The molecule has 0 aliphatic rings. The van der Waals surface area contributed by atoms with E-state index in [0.717, 1.165) is 5.56 Å². The van der Waals surface area contributed by atoms with Crippen LogP contribution in [-0.4, -0.2) is 27.3 Å². The first-order chi connectivity index (χ1) is 10.5. The number of hydrogen-bond acceptors (Lipinski definition) is 5. The van der Waals surface area contributed by atoms with Crippen LogP contribution in [0.1, 0.15) is 17.2 Å². The summed E-state index contributed by atoms with van der Waals surface area (Å²) in [4.78, 5) is 10.9. The minimum Gasteiger partial charge on any atom is -0.504 e. The van der Waals surface area contributed by atoms with E-state index < -0.39 is 18.1 Å². The normalized spacial score (nSPS) is 13.4. The number of aliphatic hydroxyl groups is 2. The van der Waals surface area contributed by atoms with E-state index in [1.807, 2.05) is 30.3 Å². The lowest BCUT2D eigenvalue weighted by molar-refractivity contribution is -0.131. The summed E-state index contributed by atoms with van der Waals surface area (Å²) >= 11 is 0. The highest BCUT2D eigenvalue weighted by Gasteiger charge is 2.24. The van der Waals surface area contributed by atoms with Crippen molar-refractivity contribution in [3.63, 3.8) is 0 Å². The zero-order valence-electron chi connectivity index (χ0n) is 11.7. The quantitative estimate of drug-likeness (QED) is 0.632. The summed E-state index contributed by atoms with van der Waals surface area (Å²) in [6, 6.07) is 13.4. The zero-order valence-corrected chi connectivity index (χ0v) is 11.7. The maximum atomic E-state index is 10.9. The number of carbonyl (C=O) groups excluding carboxylic acids is 1. The number of phenols is 1. The van der Waals surface area contributed by atoms with Gasteiger partial charge in [-0.05, 0) is 23.3 Å². The van der Waals surface area contributed by atoms with E-state index in [0.29, 0.717) is 0 Å². The van der Waals surface area contributed by atoms with E-state index >= 15 is 0 Å². The number of amides is 1. The minimum atomic E-state index is -1.73. The Morgan fingerprint density at radius 2 is 1.82 bits per heavy atom. The average molecular weight is 303 g/mol. The molecule has 0 aliphatic carbocycles. The number of benzene rings is 2. The summed E-state index contributed by atoms with van der Waals surface area (Å²) in [6.45, 7) is 0.228. The second-order valence-corrected chi connectivity index (χ2v) is 4.79. The third-order valence-electron chi connectivity index (χ3n) is 3.15. The van der Waals surface area contributed by atoms with Gasteiger partial charge in [0, 0.05) is 0 Å². The van der Waals surface area contributed by atoms with Gasteiger partial charge in [0.2, 0.25) is 5.91 Å². The Kier molecular flexibility index (Phi) is 4.98. The first kappa shape index (κ1) is 15.8. The maximum Gasteiger partial charge on any atom is 0.249 e. The molecule has 5 N–H and O–H groups in total. The van der Waals surface area contributed by atoms with Crippen LogP contribution >= 0.6 is 0 Å². The summed E-state index contributed by atoms with van der Waals surface area (Å²) in [5, 5.41) is 29.1. The average Bonchev–Trinajstić information content (AvgIpc) is 2.53. The van der Waals surface area contributed by atoms with Gasteiger partial charge in [-0.1, -0.05) is 36.4 Å². The number of rotatable bonds is 6. The van der Waals surface area contributed by atoms with Gasteiger partial charge in [0.1, 0.15) is 12.7 Å². The van der Waals surface area contributed by atoms with E-state index in [1.165, 1.54) is 18.2 Å². The molecule has 0 bridgehead atoms. The molecule has 0 fully saturated rings. The van der Waals surface area contributed by atoms with E-state index in [4.69, 9.17) is 10.5 Å². The number of aromatic hydroxyl groups is 1. The Bertz CT molecular complexity index is 644. The third kappa shape index (κ3) is 3.75. The van der Waals surface area contributed by atoms with Gasteiger partial charge in [0.05, 0.1) is 0 Å². The number of nitrogens with two attached hydrogens (primary N) is 1. The van der Waals surface area contributed by atoms with Crippen molar-refractivity contribution in [3.8, 4) is 11.5 Å². The van der Waals surface area contributed by atoms with Crippen LogP contribution in [-0.2, 0) is 11.4 Å². The molecule has 0 heterocycles. The molecule has 2 rings (SSSR count). The lowest BCUT2D eigenvalue weighted by Gasteiger charge is -2.17. The van der Waals surface area contributed by atoms with E-state index in [2.05, 4.69) is 0 Å². The van der Waals surface area contributed by atoms with Crippen LogP contribution in [0.4, 0.5) is 0 Å². The number of primary amides is 1. The molecule has 0 saturated carbocycles. The molecule has 116 valence electrons. The number of carbonyl (C=O) groups is 1. The number of phenolic OH excluding ortho intramolecular Hbond substituents is 1. The van der Waals surface area contributed by atoms with Gasteiger partial charge < -0.3 is 25.8 Å². The Balaban J connectivity index is 2.14. The molecule has 2 aromatic carbocycles. The fraction of sp³-hybridized carbons (Fsp3) is 0.188. The van der Waals surface area contributed by atoms with Crippen molar-refractivity contribution < 1.29 is 24.9 Å². The maximum absolute atomic E-state index is 10.9. The highest BCUT2D eigenvalue weighted by Crippen LogP contribution is 2.31. The van der Waals surface area contributed by atoms with Crippen molar-refractivity contribution in [1.29, 1.82) is 0 Å². The first-order valence-electron chi connectivity index (χ1n) is 6.64. The molecule has 2 atom stereocenters. The molecule has 2 aromatic rings. The summed E-state index contributed by atoms with van der Waals surface area (Å²) in [7, 11) is 0. The second-order valence-electron chi connectivity index (χ2n) is 4.79. The van der Waals surface area contributed by atoms with Crippen LogP contribution in [0.5, 0.6) is 11.5 Å². The molecule has 0 aliphatic heterocycles. The van der Waals surface area contributed by atoms with Crippen molar-refractivity contribution in [2.24, 2.45) is 5.73 Å². The lowest BCUT2D eigenvalue weighted by atomic mass is 10.0. The zero-order chi connectivity index (χ0) is 16.1. The Hall–Kier alpha value is -2.57. The fourth-order valence-electron chi connectivity index (χ4n) is 1.90. The standard InChI is InChI=1S/C16H17NO5/c17-16(21)15(20)14(19)11-6-7-12(18)13(8-11)22-9-10-4-2-1-3-5-10/h1-8,14-15,18-20H,9H2,(H2,17,21). The molecule has 22 heavy (non-hydrogen) atoms. The van der Waals surface area contributed by atoms with Crippen LogP contribution in [0.15, 0.2) is 48.5 Å². The van der Waals surface area contributed by atoms with Gasteiger partial charge in [0.15, 0.2) is 17.6 Å². The summed E-state index contributed by atoms with van der Waals surface area (Å²) < 4.78 is 5.49. The monoisotopic (exact) mass is 303 g/mol.